The summed E-state index contributed by atoms with van der Waals surface area (Å²) in [5, 5.41) is 23.7. The molecule has 2 aromatic heterocycles. The normalized spacial score (nSPS) is 12.3. The number of halogens is 1. The third kappa shape index (κ3) is 3.57. The van der Waals surface area contributed by atoms with Crippen molar-refractivity contribution in [2.45, 2.75) is 13.0 Å². The Balaban J connectivity index is 1.98. The van der Waals surface area contributed by atoms with Crippen molar-refractivity contribution in [3.63, 3.8) is 0 Å². The average molecular weight is 378 g/mol. The number of rotatable bonds is 5. The molecule has 0 radical (unpaired) electrons. The standard InChI is InChI=1S/C14H16BrN7O/c1-8(23)7-16-14-18-12(11-13(19-14)22(2)21-20-11)17-10-5-3-9(15)4-6-10/h3-6,8,23H,7H2,1-2H3,(H2,16,17,18,19). The van der Waals surface area contributed by atoms with E-state index in [-0.39, 0.29) is 0 Å². The molecule has 23 heavy (non-hydrogen) atoms. The summed E-state index contributed by atoms with van der Waals surface area (Å²) >= 11 is 3.41. The lowest BCUT2D eigenvalue weighted by atomic mass is 10.3. The second-order valence-corrected chi connectivity index (χ2v) is 6.06. The summed E-state index contributed by atoms with van der Waals surface area (Å²) < 4.78 is 2.58. The van der Waals surface area contributed by atoms with Crippen molar-refractivity contribution in [1.82, 2.24) is 25.0 Å². The first-order valence-electron chi connectivity index (χ1n) is 7.05. The lowest BCUT2D eigenvalue weighted by Gasteiger charge is -2.10. The molecule has 120 valence electrons. The fourth-order valence-corrected chi connectivity index (χ4v) is 2.25. The second-order valence-electron chi connectivity index (χ2n) is 5.14. The minimum Gasteiger partial charge on any atom is -0.392 e. The molecule has 0 fully saturated rings. The Morgan fingerprint density at radius 3 is 2.70 bits per heavy atom. The van der Waals surface area contributed by atoms with Crippen molar-refractivity contribution in [1.29, 1.82) is 0 Å². The summed E-state index contributed by atoms with van der Waals surface area (Å²) in [6.07, 6.45) is -0.498. The van der Waals surface area contributed by atoms with Crippen molar-refractivity contribution in [2.24, 2.45) is 7.05 Å². The molecular weight excluding hydrogens is 362 g/mol. The minimum atomic E-state index is -0.498. The van der Waals surface area contributed by atoms with Gasteiger partial charge in [0.15, 0.2) is 17.0 Å². The average Bonchev–Trinajstić information content (AvgIpc) is 2.89. The molecule has 3 rings (SSSR count). The maximum absolute atomic E-state index is 9.40. The van der Waals surface area contributed by atoms with Crippen LogP contribution in [0.1, 0.15) is 6.92 Å². The lowest BCUT2D eigenvalue weighted by molar-refractivity contribution is 0.208. The van der Waals surface area contributed by atoms with Crippen molar-refractivity contribution in [3.8, 4) is 0 Å². The first-order chi connectivity index (χ1) is 11.0. The van der Waals surface area contributed by atoms with E-state index in [9.17, 15) is 5.11 Å². The number of aryl methyl sites for hydroxylation is 1. The van der Waals surface area contributed by atoms with E-state index < -0.39 is 6.10 Å². The first kappa shape index (κ1) is 15.6. The van der Waals surface area contributed by atoms with Crippen molar-refractivity contribution in [3.05, 3.63) is 28.7 Å². The number of fused-ring (bicyclic) bond motifs is 1. The Morgan fingerprint density at radius 2 is 2.00 bits per heavy atom. The summed E-state index contributed by atoms with van der Waals surface area (Å²) in [6.45, 7) is 2.05. The molecule has 0 spiro atoms. The summed E-state index contributed by atoms with van der Waals surface area (Å²) in [5.41, 5.74) is 2.06. The SMILES string of the molecule is CC(O)CNc1nc(Nc2ccc(Br)cc2)c2nnn(C)c2n1. The van der Waals surface area contributed by atoms with Gasteiger partial charge in [-0.05, 0) is 31.2 Å². The van der Waals surface area contributed by atoms with Crippen LogP contribution in [-0.2, 0) is 7.05 Å². The summed E-state index contributed by atoms with van der Waals surface area (Å²) in [5.74, 6) is 0.960. The molecule has 1 unspecified atom stereocenters. The van der Waals surface area contributed by atoms with Gasteiger partial charge in [0.05, 0.1) is 6.10 Å². The number of anilines is 3. The highest BCUT2D eigenvalue weighted by Gasteiger charge is 2.13. The van der Waals surface area contributed by atoms with Gasteiger partial charge < -0.3 is 15.7 Å². The van der Waals surface area contributed by atoms with E-state index >= 15 is 0 Å². The van der Waals surface area contributed by atoms with E-state index in [1.807, 2.05) is 24.3 Å². The quantitative estimate of drug-likeness (QED) is 0.625. The number of benzene rings is 1. The van der Waals surface area contributed by atoms with E-state index in [0.29, 0.717) is 29.5 Å². The van der Waals surface area contributed by atoms with E-state index in [4.69, 9.17) is 0 Å². The fourth-order valence-electron chi connectivity index (χ4n) is 1.99. The number of nitrogens with zero attached hydrogens (tertiary/aromatic N) is 5. The maximum atomic E-state index is 9.40. The Labute approximate surface area is 141 Å². The van der Waals surface area contributed by atoms with Gasteiger partial charge in [0.1, 0.15) is 0 Å². The van der Waals surface area contributed by atoms with Gasteiger partial charge >= 0.3 is 0 Å². The third-order valence-corrected chi connectivity index (χ3v) is 3.64. The number of aromatic nitrogens is 5. The maximum Gasteiger partial charge on any atom is 0.226 e. The molecule has 1 aromatic carbocycles. The number of aliphatic hydroxyl groups excluding tert-OH is 1. The molecule has 0 saturated heterocycles. The zero-order valence-electron chi connectivity index (χ0n) is 12.7. The molecule has 0 aliphatic rings. The van der Waals surface area contributed by atoms with E-state index in [1.165, 1.54) is 0 Å². The zero-order chi connectivity index (χ0) is 16.4. The van der Waals surface area contributed by atoms with E-state index in [0.717, 1.165) is 10.2 Å². The summed E-state index contributed by atoms with van der Waals surface area (Å²) in [6, 6.07) is 7.72. The monoisotopic (exact) mass is 377 g/mol. The number of aliphatic hydroxyl groups is 1. The van der Waals surface area contributed by atoms with Crippen LogP contribution in [0.2, 0.25) is 0 Å². The Bertz CT molecular complexity index is 816. The van der Waals surface area contributed by atoms with Gasteiger partial charge in [0.2, 0.25) is 5.95 Å². The molecule has 8 nitrogen and oxygen atoms in total. The topological polar surface area (TPSA) is 101 Å². The van der Waals surface area contributed by atoms with Gasteiger partial charge in [-0.3, -0.25) is 0 Å². The molecule has 1 atom stereocenters. The van der Waals surface area contributed by atoms with Gasteiger partial charge in [0.25, 0.3) is 0 Å². The molecular formula is C14H16BrN7O. The molecule has 0 aliphatic heterocycles. The van der Waals surface area contributed by atoms with Crippen LogP contribution in [0, 0.1) is 0 Å². The van der Waals surface area contributed by atoms with Crippen LogP contribution in [0.25, 0.3) is 11.2 Å². The Hall–Kier alpha value is -2.26. The largest absolute Gasteiger partial charge is 0.392 e. The minimum absolute atomic E-state index is 0.356. The number of hydrogen-bond acceptors (Lipinski definition) is 7. The fraction of sp³-hybridized carbons (Fsp3) is 0.286. The summed E-state index contributed by atoms with van der Waals surface area (Å²) in [7, 11) is 1.77. The first-order valence-corrected chi connectivity index (χ1v) is 7.84. The third-order valence-electron chi connectivity index (χ3n) is 3.11. The number of nitrogens with one attached hydrogen (secondary N) is 2. The van der Waals surface area contributed by atoms with Crippen LogP contribution in [0.3, 0.4) is 0 Å². The van der Waals surface area contributed by atoms with Crippen LogP contribution >= 0.6 is 15.9 Å². The molecule has 0 bridgehead atoms. The second kappa shape index (κ2) is 6.47. The highest BCUT2D eigenvalue weighted by atomic mass is 79.9. The zero-order valence-corrected chi connectivity index (χ0v) is 14.2. The van der Waals surface area contributed by atoms with Crippen LogP contribution < -0.4 is 10.6 Å². The van der Waals surface area contributed by atoms with Gasteiger partial charge in [0, 0.05) is 23.8 Å². The van der Waals surface area contributed by atoms with Gasteiger partial charge in [-0.15, -0.1) is 5.10 Å². The van der Waals surface area contributed by atoms with Crippen LogP contribution in [0.15, 0.2) is 28.7 Å². The van der Waals surface area contributed by atoms with E-state index in [1.54, 1.807) is 18.7 Å². The van der Waals surface area contributed by atoms with Crippen molar-refractivity contribution < 1.29 is 5.11 Å². The van der Waals surface area contributed by atoms with Crippen molar-refractivity contribution >= 4 is 44.5 Å². The molecule has 0 amide bonds. The lowest BCUT2D eigenvalue weighted by Crippen LogP contribution is -2.17. The highest BCUT2D eigenvalue weighted by molar-refractivity contribution is 9.10. The van der Waals surface area contributed by atoms with Crippen molar-refractivity contribution in [2.75, 3.05) is 17.2 Å². The number of hydrogen-bond donors (Lipinski definition) is 3. The summed E-state index contributed by atoms with van der Waals surface area (Å²) in [4.78, 5) is 8.81. The predicted octanol–water partition coefficient (Wildman–Crippen LogP) is 2.06. The Kier molecular flexibility index (Phi) is 4.39. The van der Waals surface area contributed by atoms with Gasteiger partial charge in [-0.1, -0.05) is 21.1 Å². The smallest absolute Gasteiger partial charge is 0.226 e. The van der Waals surface area contributed by atoms with Gasteiger partial charge in [-0.25, -0.2) is 4.68 Å². The molecule has 3 aromatic rings. The van der Waals surface area contributed by atoms with Gasteiger partial charge in [-0.2, -0.15) is 9.97 Å². The Morgan fingerprint density at radius 1 is 1.26 bits per heavy atom. The highest BCUT2D eigenvalue weighted by Crippen LogP contribution is 2.24. The van der Waals surface area contributed by atoms with Crippen LogP contribution in [-0.4, -0.2) is 42.7 Å². The van der Waals surface area contributed by atoms with Crippen LogP contribution in [0.5, 0.6) is 0 Å². The molecule has 0 aliphatic carbocycles. The molecule has 9 heteroatoms. The molecule has 2 heterocycles. The molecule has 3 N–H and O–H groups in total. The predicted molar refractivity (Wildman–Crippen MR) is 91.7 cm³/mol. The van der Waals surface area contributed by atoms with Crippen LogP contribution in [0.4, 0.5) is 17.5 Å². The molecule has 0 saturated carbocycles. The van der Waals surface area contributed by atoms with E-state index in [2.05, 4.69) is 46.8 Å².